The zero-order chi connectivity index (χ0) is 14.4. The molecule has 20 heavy (non-hydrogen) atoms. The first kappa shape index (κ1) is 14.6. The molecule has 0 unspecified atom stereocenters. The summed E-state index contributed by atoms with van der Waals surface area (Å²) in [6.45, 7) is 3.33. The maximum atomic E-state index is 13.2. The summed E-state index contributed by atoms with van der Waals surface area (Å²) in [5.41, 5.74) is 0.919. The Labute approximate surface area is 122 Å². The van der Waals surface area contributed by atoms with Gasteiger partial charge >= 0.3 is 0 Å². The average molecular weight is 295 g/mol. The van der Waals surface area contributed by atoms with Gasteiger partial charge in [0.15, 0.2) is 0 Å². The highest BCUT2D eigenvalue weighted by Gasteiger charge is 2.02. The smallest absolute Gasteiger partial charge is 0.145 e. The molecule has 0 amide bonds. The molecule has 1 aromatic heterocycles. The van der Waals surface area contributed by atoms with Gasteiger partial charge in [-0.1, -0.05) is 24.6 Å². The van der Waals surface area contributed by atoms with Crippen molar-refractivity contribution >= 4 is 17.4 Å². The minimum Gasteiger partial charge on any atom is -0.489 e. The number of benzene rings is 1. The number of halogens is 2. The molecule has 0 saturated heterocycles. The van der Waals surface area contributed by atoms with Gasteiger partial charge in [-0.3, -0.25) is 0 Å². The molecule has 1 heterocycles. The quantitative estimate of drug-likeness (QED) is 0.863. The van der Waals surface area contributed by atoms with Crippen molar-refractivity contribution in [3.05, 3.63) is 52.9 Å². The zero-order valence-electron chi connectivity index (χ0n) is 11.2. The van der Waals surface area contributed by atoms with Gasteiger partial charge in [-0.2, -0.15) is 0 Å². The van der Waals surface area contributed by atoms with Crippen molar-refractivity contribution in [3.8, 4) is 5.75 Å². The molecule has 0 radical (unpaired) electrons. The van der Waals surface area contributed by atoms with E-state index in [4.69, 9.17) is 16.3 Å². The van der Waals surface area contributed by atoms with Crippen molar-refractivity contribution in [3.63, 3.8) is 0 Å². The number of hydrogen-bond donors (Lipinski definition) is 1. The van der Waals surface area contributed by atoms with Crippen LogP contribution >= 0.6 is 11.6 Å². The largest absolute Gasteiger partial charge is 0.489 e. The number of pyridine rings is 1. The lowest BCUT2D eigenvalue weighted by Crippen LogP contribution is -2.02. The summed E-state index contributed by atoms with van der Waals surface area (Å²) in [5, 5.41) is 3.28. The number of rotatable bonds is 6. The van der Waals surface area contributed by atoms with Crippen LogP contribution in [0.5, 0.6) is 5.75 Å². The summed E-state index contributed by atoms with van der Waals surface area (Å²) < 4.78 is 18.7. The SMILES string of the molecule is CCCNc1ccc(COc2ccc(Cl)c(F)c2)cn1. The third kappa shape index (κ3) is 4.10. The lowest BCUT2D eigenvalue weighted by atomic mass is 10.3. The first-order chi connectivity index (χ1) is 9.69. The third-order valence-electron chi connectivity index (χ3n) is 2.68. The fraction of sp³-hybridized carbons (Fsp3) is 0.267. The van der Waals surface area contributed by atoms with Gasteiger partial charge in [0.05, 0.1) is 5.02 Å². The molecular weight excluding hydrogens is 279 g/mol. The van der Waals surface area contributed by atoms with E-state index in [1.165, 1.54) is 12.1 Å². The van der Waals surface area contributed by atoms with E-state index in [0.717, 1.165) is 24.3 Å². The Hall–Kier alpha value is -1.81. The highest BCUT2D eigenvalue weighted by atomic mass is 35.5. The van der Waals surface area contributed by atoms with Gasteiger partial charge in [0.2, 0.25) is 0 Å². The Kier molecular flexibility index (Phi) is 5.18. The van der Waals surface area contributed by atoms with Crippen LogP contribution in [0.1, 0.15) is 18.9 Å². The van der Waals surface area contributed by atoms with Crippen LogP contribution in [-0.2, 0) is 6.61 Å². The molecule has 0 spiro atoms. The molecule has 5 heteroatoms. The molecule has 106 valence electrons. The highest BCUT2D eigenvalue weighted by Crippen LogP contribution is 2.21. The first-order valence-corrected chi connectivity index (χ1v) is 6.83. The maximum absolute atomic E-state index is 13.2. The fourth-order valence-corrected chi connectivity index (χ4v) is 1.72. The number of anilines is 1. The van der Waals surface area contributed by atoms with Crippen LogP contribution in [0, 0.1) is 5.82 Å². The van der Waals surface area contributed by atoms with Crippen molar-refractivity contribution in [2.45, 2.75) is 20.0 Å². The summed E-state index contributed by atoms with van der Waals surface area (Å²) in [7, 11) is 0. The molecular formula is C15H16ClFN2O. The second-order valence-corrected chi connectivity index (χ2v) is 4.75. The maximum Gasteiger partial charge on any atom is 0.145 e. The molecule has 0 aliphatic carbocycles. The molecule has 2 rings (SSSR count). The second kappa shape index (κ2) is 7.10. The van der Waals surface area contributed by atoms with E-state index in [-0.39, 0.29) is 5.02 Å². The normalized spacial score (nSPS) is 10.3. The number of nitrogens with zero attached hydrogens (tertiary/aromatic N) is 1. The van der Waals surface area contributed by atoms with Gasteiger partial charge in [-0.15, -0.1) is 0 Å². The van der Waals surface area contributed by atoms with Gasteiger partial charge in [0.25, 0.3) is 0 Å². The van der Waals surface area contributed by atoms with Crippen LogP contribution in [-0.4, -0.2) is 11.5 Å². The van der Waals surface area contributed by atoms with Crippen molar-refractivity contribution in [1.29, 1.82) is 0 Å². The van der Waals surface area contributed by atoms with Crippen molar-refractivity contribution in [2.24, 2.45) is 0 Å². The fourth-order valence-electron chi connectivity index (χ4n) is 1.60. The van der Waals surface area contributed by atoms with E-state index >= 15 is 0 Å². The number of ether oxygens (including phenoxy) is 1. The number of aromatic nitrogens is 1. The summed E-state index contributed by atoms with van der Waals surface area (Å²) in [6, 6.07) is 8.21. The number of hydrogen-bond acceptors (Lipinski definition) is 3. The van der Waals surface area contributed by atoms with Gasteiger partial charge < -0.3 is 10.1 Å². The molecule has 1 N–H and O–H groups in total. The van der Waals surface area contributed by atoms with Crippen LogP contribution in [0.15, 0.2) is 36.5 Å². The minimum absolute atomic E-state index is 0.0883. The van der Waals surface area contributed by atoms with Crippen LogP contribution in [0.25, 0.3) is 0 Å². The van der Waals surface area contributed by atoms with Crippen LogP contribution in [0.4, 0.5) is 10.2 Å². The Morgan fingerprint density at radius 2 is 2.15 bits per heavy atom. The summed E-state index contributed by atoms with van der Waals surface area (Å²) in [4.78, 5) is 4.27. The zero-order valence-corrected chi connectivity index (χ0v) is 12.0. The Morgan fingerprint density at radius 1 is 1.30 bits per heavy atom. The van der Waals surface area contributed by atoms with Crippen molar-refractivity contribution < 1.29 is 9.13 Å². The third-order valence-corrected chi connectivity index (χ3v) is 2.98. The highest BCUT2D eigenvalue weighted by molar-refractivity contribution is 6.30. The Bertz CT molecular complexity index is 560. The summed E-state index contributed by atoms with van der Waals surface area (Å²) >= 11 is 5.61. The van der Waals surface area contributed by atoms with Gasteiger partial charge in [0, 0.05) is 24.4 Å². The topological polar surface area (TPSA) is 34.1 Å². The van der Waals surface area contributed by atoms with Gasteiger partial charge in [-0.25, -0.2) is 9.37 Å². The molecule has 0 fully saturated rings. The Balaban J connectivity index is 1.91. The van der Waals surface area contributed by atoms with Gasteiger partial charge in [-0.05, 0) is 24.6 Å². The predicted octanol–water partition coefficient (Wildman–Crippen LogP) is 4.28. The number of nitrogens with one attached hydrogen (secondary N) is 1. The molecule has 2 aromatic rings. The molecule has 1 aromatic carbocycles. The summed E-state index contributed by atoms with van der Waals surface area (Å²) in [5.74, 6) is 0.801. The van der Waals surface area contributed by atoms with E-state index in [1.807, 2.05) is 12.1 Å². The predicted molar refractivity (Wildman–Crippen MR) is 78.8 cm³/mol. The van der Waals surface area contributed by atoms with E-state index < -0.39 is 5.82 Å². The average Bonchev–Trinajstić information content (AvgIpc) is 2.47. The first-order valence-electron chi connectivity index (χ1n) is 6.45. The molecule has 3 nitrogen and oxygen atoms in total. The van der Waals surface area contributed by atoms with Crippen LogP contribution < -0.4 is 10.1 Å². The van der Waals surface area contributed by atoms with E-state index in [2.05, 4.69) is 17.2 Å². The van der Waals surface area contributed by atoms with E-state index in [1.54, 1.807) is 12.3 Å². The monoisotopic (exact) mass is 294 g/mol. The molecule has 0 bridgehead atoms. The lowest BCUT2D eigenvalue weighted by molar-refractivity contribution is 0.304. The summed E-state index contributed by atoms with van der Waals surface area (Å²) in [6.07, 6.45) is 2.79. The molecule has 0 atom stereocenters. The molecule has 0 aliphatic heterocycles. The van der Waals surface area contributed by atoms with Crippen molar-refractivity contribution in [1.82, 2.24) is 4.98 Å². The minimum atomic E-state index is -0.485. The van der Waals surface area contributed by atoms with E-state index in [0.29, 0.717) is 12.4 Å². The lowest BCUT2D eigenvalue weighted by Gasteiger charge is -2.08. The molecule has 0 aliphatic rings. The van der Waals surface area contributed by atoms with Crippen LogP contribution in [0.2, 0.25) is 5.02 Å². The Morgan fingerprint density at radius 3 is 2.80 bits per heavy atom. The molecule has 0 saturated carbocycles. The van der Waals surface area contributed by atoms with Crippen molar-refractivity contribution in [2.75, 3.05) is 11.9 Å². The van der Waals surface area contributed by atoms with Crippen LogP contribution in [0.3, 0.4) is 0 Å². The standard InChI is InChI=1S/C15H16ClFN2O/c1-2-7-18-15-6-3-11(9-19-15)10-20-12-4-5-13(16)14(17)8-12/h3-6,8-9H,2,7,10H2,1H3,(H,18,19). The second-order valence-electron chi connectivity index (χ2n) is 4.34. The van der Waals surface area contributed by atoms with E-state index in [9.17, 15) is 4.39 Å². The van der Waals surface area contributed by atoms with Gasteiger partial charge in [0.1, 0.15) is 24.0 Å².